The molecule has 1 saturated carbocycles. The first-order valence-corrected chi connectivity index (χ1v) is 6.50. The van der Waals surface area contributed by atoms with Crippen LogP contribution in [0.15, 0.2) is 24.3 Å². The average molecular weight is 300 g/mol. The standard InChI is InChI=1S/C14H15F3N2O2/c1-9(20)10-4-2-5-11(8-10)18-12(21)19-13(6-3-7-13)14(15,16)17/h2,4-5,8H,3,6-7H2,1H3,(H2,18,19,21). The fourth-order valence-corrected chi connectivity index (χ4v) is 2.21. The molecule has 2 amide bonds. The summed E-state index contributed by atoms with van der Waals surface area (Å²) >= 11 is 0. The van der Waals surface area contributed by atoms with Gasteiger partial charge in [-0.15, -0.1) is 0 Å². The lowest BCUT2D eigenvalue weighted by atomic mass is 9.76. The van der Waals surface area contributed by atoms with Crippen molar-refractivity contribution in [2.75, 3.05) is 5.32 Å². The zero-order valence-corrected chi connectivity index (χ0v) is 11.4. The number of Topliss-reactive ketones (excluding diaryl/α,β-unsaturated/α-hetero) is 1. The molecule has 21 heavy (non-hydrogen) atoms. The number of benzene rings is 1. The van der Waals surface area contributed by atoms with E-state index in [1.165, 1.54) is 19.1 Å². The van der Waals surface area contributed by atoms with E-state index in [2.05, 4.69) is 5.32 Å². The smallest absolute Gasteiger partial charge is 0.323 e. The van der Waals surface area contributed by atoms with Gasteiger partial charge in [0.25, 0.3) is 0 Å². The van der Waals surface area contributed by atoms with Gasteiger partial charge in [-0.1, -0.05) is 12.1 Å². The number of alkyl halides is 3. The van der Waals surface area contributed by atoms with Gasteiger partial charge < -0.3 is 10.6 Å². The largest absolute Gasteiger partial charge is 0.411 e. The molecule has 0 bridgehead atoms. The van der Waals surface area contributed by atoms with Gasteiger partial charge in [-0.05, 0) is 38.3 Å². The van der Waals surface area contributed by atoms with Crippen molar-refractivity contribution in [3.05, 3.63) is 29.8 Å². The van der Waals surface area contributed by atoms with E-state index in [-0.39, 0.29) is 24.3 Å². The Morgan fingerprint density at radius 1 is 1.24 bits per heavy atom. The van der Waals surface area contributed by atoms with Crippen LogP contribution in [0.4, 0.5) is 23.7 Å². The summed E-state index contributed by atoms with van der Waals surface area (Å²) in [7, 11) is 0. The monoisotopic (exact) mass is 300 g/mol. The molecule has 4 nitrogen and oxygen atoms in total. The molecule has 0 radical (unpaired) electrons. The quantitative estimate of drug-likeness (QED) is 0.839. The van der Waals surface area contributed by atoms with Crippen molar-refractivity contribution < 1.29 is 22.8 Å². The van der Waals surface area contributed by atoms with Gasteiger partial charge in [0, 0.05) is 11.3 Å². The number of halogens is 3. The molecule has 114 valence electrons. The minimum absolute atomic E-state index is 0.114. The minimum atomic E-state index is -4.47. The predicted octanol–water partition coefficient (Wildman–Crippen LogP) is 3.50. The third-order valence-corrected chi connectivity index (χ3v) is 3.63. The molecule has 1 aromatic rings. The lowest BCUT2D eigenvalue weighted by molar-refractivity contribution is -0.214. The molecule has 7 heteroatoms. The fraction of sp³-hybridized carbons (Fsp3) is 0.429. The summed E-state index contributed by atoms with van der Waals surface area (Å²) in [6, 6.07) is 5.12. The summed E-state index contributed by atoms with van der Waals surface area (Å²) in [4.78, 5) is 23.0. The van der Waals surface area contributed by atoms with Gasteiger partial charge in [-0.25, -0.2) is 4.79 Å². The first kappa shape index (κ1) is 15.3. The van der Waals surface area contributed by atoms with Crippen LogP contribution in [0.3, 0.4) is 0 Å². The van der Waals surface area contributed by atoms with Crippen molar-refractivity contribution in [2.24, 2.45) is 0 Å². The second kappa shape index (κ2) is 5.38. The predicted molar refractivity (Wildman–Crippen MR) is 71.2 cm³/mol. The van der Waals surface area contributed by atoms with E-state index in [9.17, 15) is 22.8 Å². The Balaban J connectivity index is 2.05. The first-order valence-electron chi connectivity index (χ1n) is 6.50. The second-order valence-electron chi connectivity index (χ2n) is 5.15. The summed E-state index contributed by atoms with van der Waals surface area (Å²) in [5.41, 5.74) is -1.48. The van der Waals surface area contributed by atoms with Crippen molar-refractivity contribution in [1.82, 2.24) is 5.32 Å². The molecule has 2 rings (SSSR count). The molecule has 1 aliphatic carbocycles. The molecule has 0 saturated heterocycles. The number of hydrogen-bond acceptors (Lipinski definition) is 2. The van der Waals surface area contributed by atoms with Crippen LogP contribution >= 0.6 is 0 Å². The number of ketones is 1. The molecule has 0 unspecified atom stereocenters. The van der Waals surface area contributed by atoms with E-state index in [0.717, 1.165) is 0 Å². The van der Waals surface area contributed by atoms with Crippen molar-refractivity contribution in [3.8, 4) is 0 Å². The van der Waals surface area contributed by atoms with Crippen molar-refractivity contribution in [1.29, 1.82) is 0 Å². The maximum atomic E-state index is 12.9. The highest BCUT2D eigenvalue weighted by Crippen LogP contribution is 2.45. The summed E-state index contributed by atoms with van der Waals surface area (Å²) in [5, 5.41) is 4.34. The van der Waals surface area contributed by atoms with E-state index in [4.69, 9.17) is 0 Å². The van der Waals surface area contributed by atoms with Gasteiger partial charge in [0.15, 0.2) is 5.78 Å². The molecule has 1 aliphatic rings. The molecule has 0 heterocycles. The van der Waals surface area contributed by atoms with Gasteiger partial charge in [0.05, 0.1) is 0 Å². The Morgan fingerprint density at radius 3 is 2.38 bits per heavy atom. The van der Waals surface area contributed by atoms with Crippen LogP contribution in [-0.4, -0.2) is 23.5 Å². The average Bonchev–Trinajstić information content (AvgIpc) is 2.32. The number of hydrogen-bond donors (Lipinski definition) is 2. The fourth-order valence-electron chi connectivity index (χ4n) is 2.21. The number of anilines is 1. The second-order valence-corrected chi connectivity index (χ2v) is 5.15. The van der Waals surface area contributed by atoms with Crippen LogP contribution in [0.1, 0.15) is 36.5 Å². The third kappa shape index (κ3) is 3.17. The molecule has 1 fully saturated rings. The highest BCUT2D eigenvalue weighted by molar-refractivity contribution is 5.96. The van der Waals surface area contributed by atoms with Gasteiger partial charge >= 0.3 is 12.2 Å². The Bertz CT molecular complexity index is 566. The summed E-state index contributed by atoms with van der Waals surface area (Å²) < 4.78 is 38.8. The number of urea groups is 1. The maximum Gasteiger partial charge on any atom is 0.411 e. The lowest BCUT2D eigenvalue weighted by Crippen LogP contribution is -2.63. The molecule has 0 aliphatic heterocycles. The van der Waals surface area contributed by atoms with Crippen LogP contribution in [0.25, 0.3) is 0 Å². The maximum absolute atomic E-state index is 12.9. The molecule has 0 aromatic heterocycles. The minimum Gasteiger partial charge on any atom is -0.323 e. The summed E-state index contributed by atoms with van der Waals surface area (Å²) in [6.45, 7) is 1.37. The summed E-state index contributed by atoms with van der Waals surface area (Å²) in [5.74, 6) is -0.190. The Kier molecular flexibility index (Phi) is 3.93. The van der Waals surface area contributed by atoms with E-state index in [0.29, 0.717) is 12.0 Å². The van der Waals surface area contributed by atoms with Gasteiger partial charge in [0.2, 0.25) is 0 Å². The van der Waals surface area contributed by atoms with Crippen LogP contribution < -0.4 is 10.6 Å². The highest BCUT2D eigenvalue weighted by Gasteiger charge is 2.59. The Hall–Kier alpha value is -2.05. The zero-order chi connectivity index (χ0) is 15.7. The van der Waals surface area contributed by atoms with Crippen LogP contribution in [0.5, 0.6) is 0 Å². The number of amides is 2. The normalized spacial score (nSPS) is 16.8. The van der Waals surface area contributed by atoms with Crippen LogP contribution in [0, 0.1) is 0 Å². The lowest BCUT2D eigenvalue weighted by Gasteiger charge is -2.43. The Morgan fingerprint density at radius 2 is 1.90 bits per heavy atom. The number of rotatable bonds is 3. The third-order valence-electron chi connectivity index (χ3n) is 3.63. The van der Waals surface area contributed by atoms with Gasteiger partial charge in [0.1, 0.15) is 5.54 Å². The SMILES string of the molecule is CC(=O)c1cccc(NC(=O)NC2(C(F)(F)F)CCC2)c1. The van der Waals surface area contributed by atoms with Crippen molar-refractivity contribution in [2.45, 2.75) is 37.9 Å². The molecule has 2 N–H and O–H groups in total. The number of nitrogens with one attached hydrogen (secondary N) is 2. The van der Waals surface area contributed by atoms with Gasteiger partial charge in [-0.3, -0.25) is 4.79 Å². The topological polar surface area (TPSA) is 58.2 Å². The van der Waals surface area contributed by atoms with E-state index in [1.54, 1.807) is 12.1 Å². The zero-order valence-electron chi connectivity index (χ0n) is 11.4. The molecule has 0 atom stereocenters. The first-order chi connectivity index (χ1) is 9.73. The van der Waals surface area contributed by atoms with Gasteiger partial charge in [-0.2, -0.15) is 13.2 Å². The summed E-state index contributed by atoms with van der Waals surface area (Å²) in [6.07, 6.45) is -4.27. The van der Waals surface area contributed by atoms with E-state index >= 15 is 0 Å². The molecular formula is C14H15F3N2O2. The molecule has 0 spiro atoms. The van der Waals surface area contributed by atoms with E-state index in [1.807, 2.05) is 5.32 Å². The van der Waals surface area contributed by atoms with Crippen molar-refractivity contribution in [3.63, 3.8) is 0 Å². The van der Waals surface area contributed by atoms with E-state index < -0.39 is 17.7 Å². The number of carbonyl (C=O) groups is 2. The molecule has 1 aromatic carbocycles. The molecular weight excluding hydrogens is 285 g/mol. The van der Waals surface area contributed by atoms with Crippen LogP contribution in [-0.2, 0) is 0 Å². The number of carbonyl (C=O) groups excluding carboxylic acids is 2. The Labute approximate surface area is 119 Å². The van der Waals surface area contributed by atoms with Crippen LogP contribution in [0.2, 0.25) is 0 Å². The highest BCUT2D eigenvalue weighted by atomic mass is 19.4. The van der Waals surface area contributed by atoms with Crippen molar-refractivity contribution >= 4 is 17.5 Å².